The quantitative estimate of drug-likeness (QED) is 0.296. The Labute approximate surface area is 189 Å². The summed E-state index contributed by atoms with van der Waals surface area (Å²) < 4.78 is 0. The van der Waals surface area contributed by atoms with E-state index in [0.29, 0.717) is 0 Å². The minimum absolute atomic E-state index is 0.787. The van der Waals surface area contributed by atoms with E-state index in [-0.39, 0.29) is 0 Å². The van der Waals surface area contributed by atoms with Crippen molar-refractivity contribution >= 4 is 5.69 Å². The van der Waals surface area contributed by atoms with E-state index in [1.165, 1.54) is 50.1 Å². The fourth-order valence-electron chi connectivity index (χ4n) is 4.39. The predicted octanol–water partition coefficient (Wildman–Crippen LogP) is 8.25. The molecule has 0 amide bonds. The monoisotopic (exact) mass is 411 g/mol. The predicted molar refractivity (Wildman–Crippen MR) is 137 cm³/mol. The number of hydrogen-bond acceptors (Lipinski definition) is 1. The van der Waals surface area contributed by atoms with Crippen molar-refractivity contribution < 1.29 is 0 Å². The topological polar surface area (TPSA) is 26.0 Å². The van der Waals surface area contributed by atoms with Crippen LogP contribution in [0.5, 0.6) is 0 Å². The normalized spacial score (nSPS) is 10.8. The lowest BCUT2D eigenvalue weighted by Crippen LogP contribution is -1.95. The highest BCUT2D eigenvalue weighted by atomic mass is 14.5. The Morgan fingerprint density at radius 3 is 1.38 bits per heavy atom. The molecule has 0 atom stereocenters. The van der Waals surface area contributed by atoms with E-state index in [1.54, 1.807) is 0 Å². The Hall–Kier alpha value is -4.10. The summed E-state index contributed by atoms with van der Waals surface area (Å²) in [5.74, 6) is 0. The molecule has 1 nitrogen and oxygen atoms in total. The summed E-state index contributed by atoms with van der Waals surface area (Å²) >= 11 is 0. The Balaban J connectivity index is 1.90. The number of anilines is 1. The lowest BCUT2D eigenvalue weighted by Gasteiger charge is -2.20. The van der Waals surface area contributed by atoms with E-state index < -0.39 is 0 Å². The van der Waals surface area contributed by atoms with Crippen molar-refractivity contribution in [3.8, 4) is 44.5 Å². The Morgan fingerprint density at radius 1 is 0.438 bits per heavy atom. The lowest BCUT2D eigenvalue weighted by atomic mass is 9.83. The number of nitrogens with two attached hydrogens (primary N) is 1. The second-order valence-electron chi connectivity index (χ2n) is 8.12. The molecule has 0 aromatic heterocycles. The zero-order chi connectivity index (χ0) is 21.9. The number of nitrogen functional groups attached to an aromatic ring is 1. The molecule has 0 bridgehead atoms. The first-order valence-corrected chi connectivity index (χ1v) is 10.9. The molecule has 0 spiro atoms. The van der Waals surface area contributed by atoms with Crippen LogP contribution in [0.3, 0.4) is 0 Å². The van der Waals surface area contributed by atoms with Crippen LogP contribution in [-0.4, -0.2) is 0 Å². The molecule has 0 heterocycles. The van der Waals surface area contributed by atoms with Crippen molar-refractivity contribution in [1.29, 1.82) is 0 Å². The van der Waals surface area contributed by atoms with Crippen LogP contribution in [0, 0.1) is 6.92 Å². The third kappa shape index (κ3) is 3.81. The van der Waals surface area contributed by atoms with Crippen LogP contribution in [0.15, 0.2) is 121 Å². The molecule has 32 heavy (non-hydrogen) atoms. The van der Waals surface area contributed by atoms with Gasteiger partial charge in [-0.05, 0) is 81.3 Å². The highest BCUT2D eigenvalue weighted by molar-refractivity contribution is 5.98. The molecular formula is C31H25N. The van der Waals surface area contributed by atoms with Gasteiger partial charge in [0.2, 0.25) is 0 Å². The summed E-state index contributed by atoms with van der Waals surface area (Å²) in [6, 6.07) is 42.8. The van der Waals surface area contributed by atoms with Gasteiger partial charge in [0.15, 0.2) is 0 Å². The van der Waals surface area contributed by atoms with Crippen molar-refractivity contribution in [2.45, 2.75) is 6.92 Å². The highest BCUT2D eigenvalue weighted by Gasteiger charge is 2.18. The Morgan fingerprint density at radius 2 is 0.906 bits per heavy atom. The van der Waals surface area contributed by atoms with E-state index in [2.05, 4.69) is 122 Å². The van der Waals surface area contributed by atoms with Gasteiger partial charge in [0.1, 0.15) is 0 Å². The first kappa shape index (κ1) is 19.8. The van der Waals surface area contributed by atoms with Gasteiger partial charge in [0.25, 0.3) is 0 Å². The summed E-state index contributed by atoms with van der Waals surface area (Å²) in [6.07, 6.45) is 0. The van der Waals surface area contributed by atoms with Crippen molar-refractivity contribution in [1.82, 2.24) is 0 Å². The van der Waals surface area contributed by atoms with E-state index >= 15 is 0 Å². The van der Waals surface area contributed by atoms with Gasteiger partial charge in [-0.25, -0.2) is 0 Å². The standard InChI is InChI=1S/C31H25N/c1-22-19-27(32)17-18-28(22)31-29(24-13-7-3-8-14-24)20-26(23-11-5-2-6-12-23)21-30(31)25-15-9-4-10-16-25/h2-21H,32H2,1H3. The number of aryl methyl sites for hydroxylation is 1. The first-order valence-electron chi connectivity index (χ1n) is 10.9. The van der Waals surface area contributed by atoms with E-state index in [9.17, 15) is 0 Å². The van der Waals surface area contributed by atoms with Crippen LogP contribution in [0.2, 0.25) is 0 Å². The van der Waals surface area contributed by atoms with Gasteiger partial charge in [-0.15, -0.1) is 0 Å². The van der Waals surface area contributed by atoms with Gasteiger partial charge in [-0.2, -0.15) is 0 Å². The molecule has 1 heteroatoms. The molecule has 5 aromatic rings. The maximum atomic E-state index is 6.10. The van der Waals surface area contributed by atoms with Gasteiger partial charge in [-0.3, -0.25) is 0 Å². The molecule has 0 aliphatic carbocycles. The number of benzene rings is 5. The maximum absolute atomic E-state index is 6.10. The number of hydrogen-bond donors (Lipinski definition) is 1. The largest absolute Gasteiger partial charge is 0.399 e. The molecule has 0 radical (unpaired) electrons. The molecule has 0 aliphatic rings. The van der Waals surface area contributed by atoms with Crippen LogP contribution >= 0.6 is 0 Å². The van der Waals surface area contributed by atoms with Crippen LogP contribution in [0.4, 0.5) is 5.69 Å². The molecule has 5 rings (SSSR count). The second-order valence-corrected chi connectivity index (χ2v) is 8.12. The highest BCUT2D eigenvalue weighted by Crippen LogP contribution is 2.44. The summed E-state index contributed by atoms with van der Waals surface area (Å²) in [7, 11) is 0. The van der Waals surface area contributed by atoms with Gasteiger partial charge >= 0.3 is 0 Å². The van der Waals surface area contributed by atoms with Gasteiger partial charge < -0.3 is 5.73 Å². The van der Waals surface area contributed by atoms with E-state index in [0.717, 1.165) is 5.69 Å². The number of rotatable bonds is 4. The zero-order valence-corrected chi connectivity index (χ0v) is 18.1. The van der Waals surface area contributed by atoms with Crippen molar-refractivity contribution in [3.63, 3.8) is 0 Å². The summed E-state index contributed by atoms with van der Waals surface area (Å²) in [5.41, 5.74) is 17.8. The molecule has 2 N–H and O–H groups in total. The average molecular weight is 412 g/mol. The van der Waals surface area contributed by atoms with Crippen LogP contribution < -0.4 is 5.73 Å². The zero-order valence-electron chi connectivity index (χ0n) is 18.1. The molecule has 0 saturated carbocycles. The molecule has 5 aromatic carbocycles. The average Bonchev–Trinajstić information content (AvgIpc) is 2.85. The smallest absolute Gasteiger partial charge is 0.0317 e. The summed E-state index contributed by atoms with van der Waals surface area (Å²) in [5, 5.41) is 0. The third-order valence-electron chi connectivity index (χ3n) is 5.93. The van der Waals surface area contributed by atoms with Gasteiger partial charge in [0.05, 0.1) is 0 Å². The minimum atomic E-state index is 0.787. The molecular weight excluding hydrogens is 386 g/mol. The first-order chi connectivity index (χ1) is 15.7. The van der Waals surface area contributed by atoms with Gasteiger partial charge in [-0.1, -0.05) is 97.1 Å². The van der Waals surface area contributed by atoms with Crippen LogP contribution in [0.1, 0.15) is 5.56 Å². The molecule has 0 unspecified atom stereocenters. The van der Waals surface area contributed by atoms with E-state index in [4.69, 9.17) is 5.73 Å². The van der Waals surface area contributed by atoms with E-state index in [1.807, 2.05) is 6.07 Å². The lowest BCUT2D eigenvalue weighted by molar-refractivity contribution is 1.45. The Bertz CT molecular complexity index is 1290. The van der Waals surface area contributed by atoms with Crippen molar-refractivity contribution in [3.05, 3.63) is 127 Å². The molecule has 0 fully saturated rings. The van der Waals surface area contributed by atoms with Crippen molar-refractivity contribution in [2.75, 3.05) is 5.73 Å². The van der Waals surface area contributed by atoms with Crippen LogP contribution in [0.25, 0.3) is 44.5 Å². The molecule has 154 valence electrons. The fraction of sp³-hybridized carbons (Fsp3) is 0.0323. The van der Waals surface area contributed by atoms with Crippen molar-refractivity contribution in [2.24, 2.45) is 0 Å². The SMILES string of the molecule is Cc1cc(N)ccc1-c1c(-c2ccccc2)cc(-c2ccccc2)cc1-c1ccccc1. The Kier molecular flexibility index (Phi) is 5.31. The molecule has 0 saturated heterocycles. The maximum Gasteiger partial charge on any atom is 0.0317 e. The second kappa shape index (κ2) is 8.56. The summed E-state index contributed by atoms with van der Waals surface area (Å²) in [6.45, 7) is 2.14. The third-order valence-corrected chi connectivity index (χ3v) is 5.93. The molecule has 0 aliphatic heterocycles. The minimum Gasteiger partial charge on any atom is -0.399 e. The summed E-state index contributed by atoms with van der Waals surface area (Å²) in [4.78, 5) is 0. The fourth-order valence-corrected chi connectivity index (χ4v) is 4.39. The van der Waals surface area contributed by atoms with Gasteiger partial charge in [0, 0.05) is 5.69 Å². The van der Waals surface area contributed by atoms with Crippen LogP contribution in [-0.2, 0) is 0 Å².